The van der Waals surface area contributed by atoms with E-state index in [9.17, 15) is 67.7 Å². The molecular weight excluding hydrogens is 1240 g/mol. The second-order valence-corrected chi connectivity index (χ2v) is 24.7. The van der Waals surface area contributed by atoms with Gasteiger partial charge in [-0.25, -0.2) is 0 Å². The van der Waals surface area contributed by atoms with Crippen LogP contribution in [0, 0.1) is 5.92 Å². The quantitative estimate of drug-likeness (QED) is 0.0536. The van der Waals surface area contributed by atoms with Gasteiger partial charge in [0.05, 0.1) is 19.6 Å². The normalized spacial score (nSPS) is 25.4. The zero-order valence-corrected chi connectivity index (χ0v) is 53.9. The van der Waals surface area contributed by atoms with Crippen molar-refractivity contribution in [3.63, 3.8) is 0 Å². The van der Waals surface area contributed by atoms with Gasteiger partial charge in [0.2, 0.25) is 59.1 Å². The van der Waals surface area contributed by atoms with Crippen LogP contribution in [0.2, 0.25) is 0 Å². The number of hydrogen-bond acceptors (Lipinski definition) is 19. The molecule has 0 aliphatic carbocycles. The summed E-state index contributed by atoms with van der Waals surface area (Å²) < 4.78 is 6.24. The molecule has 9 atom stereocenters. The minimum absolute atomic E-state index is 0.00158. The third-order valence-corrected chi connectivity index (χ3v) is 16.9. The number of carboxylic acid groups (broad SMARTS) is 2. The Bertz CT molecular complexity index is 2830. The largest absolute Gasteiger partial charge is 0.494 e. The Morgan fingerprint density at radius 3 is 1.96 bits per heavy atom. The van der Waals surface area contributed by atoms with E-state index in [0.717, 1.165) is 19.1 Å². The van der Waals surface area contributed by atoms with E-state index in [0.29, 0.717) is 55.6 Å². The maximum atomic E-state index is 15.1. The van der Waals surface area contributed by atoms with Crippen LogP contribution >= 0.6 is 23.5 Å². The zero-order valence-electron chi connectivity index (χ0n) is 52.3. The van der Waals surface area contributed by atoms with E-state index in [4.69, 9.17) is 26.8 Å². The van der Waals surface area contributed by atoms with Gasteiger partial charge >= 0.3 is 11.9 Å². The number of carbonyl (C=O) groups is 13. The first-order valence-corrected chi connectivity index (χ1v) is 32.9. The molecular formula is C58H89N15O17S2. The first-order chi connectivity index (χ1) is 43.8. The molecule has 3 heterocycles. The van der Waals surface area contributed by atoms with Gasteiger partial charge in [0, 0.05) is 42.5 Å². The number of thioether (sulfide) groups is 2. The number of benzene rings is 1. The number of oxime groups is 1. The van der Waals surface area contributed by atoms with E-state index in [-0.39, 0.29) is 74.4 Å². The Morgan fingerprint density at radius 1 is 0.685 bits per heavy atom. The summed E-state index contributed by atoms with van der Waals surface area (Å²) in [5, 5.41) is 45.8. The average molecular weight is 1330 g/mol. The molecule has 32 nitrogen and oxygen atoms in total. The van der Waals surface area contributed by atoms with Crippen molar-refractivity contribution in [2.45, 2.75) is 183 Å². The van der Waals surface area contributed by atoms with E-state index >= 15 is 4.79 Å². The molecule has 1 aromatic rings. The summed E-state index contributed by atoms with van der Waals surface area (Å²) in [6.45, 7) is 5.95. The van der Waals surface area contributed by atoms with Crippen molar-refractivity contribution in [1.82, 2.24) is 52.8 Å². The third kappa shape index (κ3) is 27.2. The van der Waals surface area contributed by atoms with Gasteiger partial charge in [-0.15, -0.1) is 0 Å². The van der Waals surface area contributed by atoms with Crippen LogP contribution < -0.4 is 69.8 Å². The molecule has 0 saturated carbocycles. The highest BCUT2D eigenvalue weighted by Gasteiger charge is 2.41. The first-order valence-electron chi connectivity index (χ1n) is 30.6. The van der Waals surface area contributed by atoms with Crippen LogP contribution in [-0.4, -0.2) is 203 Å². The van der Waals surface area contributed by atoms with Crippen molar-refractivity contribution in [3.05, 3.63) is 29.3 Å². The topological polar surface area (TPSA) is 495 Å². The molecule has 1 fully saturated rings. The standard InChI is InChI=1S/C58H89N15O17S2/c1-5-6-13-38-52(83)69-40(25-47(78)79)54(85)72-48(32(2)3)56(87)65-33(4)50(81)63-26-44(74)67-39(16-17-46(76)77)53(84)70-41(49(59)80)30-91-28-34-22-35-24-36(23-34)89-20-9-7-8-10-21-90-64-27-45(75)66-37(14-11-18-62-58(60)61)51(82)71-42(31-92-29-35)57(88)73-19-12-15-43(73)55(86)68-38/h22-24,27,32-33,37-43,48H,5-21,25-26,28-31H2,1-4H3,(H2,59,80)(H,63,81)(H,65,87)(H,66,75)(H,67,74)(H,68,86)(H,69,83)(H,70,84)(H,71,82)(H,72,85)(H,76,77)(H,78,79)(H4,60,61,62)/b64-27+/t33-,37-,38-,39-,40-,41-,42-,43-,48?/m0/s1. The first kappa shape index (κ1) is 76.0. The number of hydrogen-bond donors (Lipinski definition) is 14. The van der Waals surface area contributed by atoms with Crippen molar-refractivity contribution in [2.75, 3.05) is 44.4 Å². The smallest absolute Gasteiger partial charge is 0.305 e. The number of fused-ring (bicyclic) bond motifs is 6. The molecule has 0 radical (unpaired) electrons. The third-order valence-electron chi connectivity index (χ3n) is 14.7. The van der Waals surface area contributed by atoms with Crippen molar-refractivity contribution in [1.29, 1.82) is 0 Å². The predicted octanol–water partition coefficient (Wildman–Crippen LogP) is -2.15. The fourth-order valence-corrected chi connectivity index (χ4v) is 11.8. The summed E-state index contributed by atoms with van der Waals surface area (Å²) in [6, 6.07) is -7.33. The van der Waals surface area contributed by atoms with Gasteiger partial charge in [0.25, 0.3) is 5.91 Å². The molecule has 510 valence electrons. The van der Waals surface area contributed by atoms with Gasteiger partial charge in [-0.2, -0.15) is 23.5 Å². The number of nitrogens with one attached hydrogen (secondary N) is 9. The zero-order chi connectivity index (χ0) is 67.9. The molecule has 1 unspecified atom stereocenters. The van der Waals surface area contributed by atoms with Crippen LogP contribution in [0.4, 0.5) is 0 Å². The lowest BCUT2D eigenvalue weighted by Gasteiger charge is -2.31. The minimum atomic E-state index is -1.83. The van der Waals surface area contributed by atoms with E-state index in [2.05, 4.69) is 58.0 Å². The van der Waals surface area contributed by atoms with Gasteiger partial charge in [0.1, 0.15) is 72.9 Å². The number of aliphatic carboxylic acids is 2. The summed E-state index contributed by atoms with van der Waals surface area (Å²) >= 11 is 2.43. The molecule has 4 bridgehead atoms. The van der Waals surface area contributed by atoms with Gasteiger partial charge in [0.15, 0.2) is 5.96 Å². The molecule has 11 amide bonds. The number of guanidine groups is 1. The van der Waals surface area contributed by atoms with E-state index < -0.39 is 163 Å². The van der Waals surface area contributed by atoms with Gasteiger partial charge < -0.3 is 89.7 Å². The number of amides is 11. The van der Waals surface area contributed by atoms with E-state index in [1.807, 2.05) is 13.0 Å². The van der Waals surface area contributed by atoms with Crippen LogP contribution in [0.3, 0.4) is 0 Å². The molecule has 92 heavy (non-hydrogen) atoms. The van der Waals surface area contributed by atoms with Crippen molar-refractivity contribution >= 4 is 113 Å². The second kappa shape index (κ2) is 39.7. The molecule has 0 aromatic heterocycles. The predicted molar refractivity (Wildman–Crippen MR) is 339 cm³/mol. The lowest BCUT2D eigenvalue weighted by molar-refractivity contribution is -0.143. The van der Waals surface area contributed by atoms with Gasteiger partial charge in [-0.05, 0) is 100 Å². The molecule has 1 saturated heterocycles. The average Bonchev–Trinajstić information content (AvgIpc) is 1.62. The lowest BCUT2D eigenvalue weighted by atomic mass is 10.0. The lowest BCUT2D eigenvalue weighted by Crippen LogP contribution is -2.60. The number of rotatable bonds is 14. The van der Waals surface area contributed by atoms with Crippen LogP contribution in [-0.2, 0) is 78.7 Å². The maximum absolute atomic E-state index is 15.1. The summed E-state index contributed by atoms with van der Waals surface area (Å²) in [6.07, 6.45) is 3.07. The molecule has 0 spiro atoms. The minimum Gasteiger partial charge on any atom is -0.494 e. The SMILES string of the molecule is CCCC[C@@H]1NC(=O)[C@@H]2CCCN2C(=O)[C@@H]2CSCc3cc(cc(c3)OCCCCCCO/N=C/C(=O)N[C@@H](CCCN=C(N)N)C(=O)N2)CSC[C@@H](C(N)=O)NC(=O)[C@H](CCC(=O)O)NC(=O)CNC(=O)[C@H](C)NC(=O)C(C(C)C)NC(=O)[C@H](CC(=O)O)NC1=O. The fourth-order valence-electron chi connectivity index (χ4n) is 9.78. The number of nitrogens with two attached hydrogens (primary N) is 3. The fraction of sp³-hybridized carbons (Fsp3) is 0.638. The Balaban J connectivity index is 1.81. The molecule has 1 aromatic carbocycles. The van der Waals surface area contributed by atoms with Crippen molar-refractivity contribution in [2.24, 2.45) is 33.3 Å². The van der Waals surface area contributed by atoms with E-state index in [1.54, 1.807) is 12.1 Å². The summed E-state index contributed by atoms with van der Waals surface area (Å²) in [5.41, 5.74) is 18.3. The molecule has 17 N–H and O–H groups in total. The van der Waals surface area contributed by atoms with Crippen molar-refractivity contribution < 1.29 is 82.1 Å². The summed E-state index contributed by atoms with van der Waals surface area (Å²) in [7, 11) is 0. The van der Waals surface area contributed by atoms with Crippen molar-refractivity contribution in [3.8, 4) is 5.75 Å². The number of carbonyl (C=O) groups excluding carboxylic acids is 11. The highest BCUT2D eigenvalue weighted by atomic mass is 32.2. The second-order valence-electron chi connectivity index (χ2n) is 22.7. The highest BCUT2D eigenvalue weighted by molar-refractivity contribution is 7.98. The van der Waals surface area contributed by atoms with Crippen LogP contribution in [0.1, 0.15) is 129 Å². The number of aliphatic imine (C=N–C) groups is 1. The molecule has 34 heteroatoms. The summed E-state index contributed by atoms with van der Waals surface area (Å²) in [4.78, 5) is 187. The number of primary amides is 1. The van der Waals surface area contributed by atoms with E-state index in [1.165, 1.54) is 49.2 Å². The Labute approximate surface area is 541 Å². The molecule has 3 aliphatic rings. The number of nitrogens with zero attached hydrogens (tertiary/aromatic N) is 3. The number of carboxylic acids is 2. The molecule has 4 rings (SSSR count). The Morgan fingerprint density at radius 2 is 1.30 bits per heavy atom. The summed E-state index contributed by atoms with van der Waals surface area (Å²) in [5.74, 6) is -12.9. The van der Waals surface area contributed by atoms with Gasteiger partial charge in [-0.3, -0.25) is 67.3 Å². The Kier molecular flexibility index (Phi) is 32.8. The number of ether oxygens (including phenoxy) is 1. The monoisotopic (exact) mass is 1330 g/mol. The highest BCUT2D eigenvalue weighted by Crippen LogP contribution is 2.27. The Hall–Kier alpha value is -8.43. The number of unbranched alkanes of at least 4 members (excludes halogenated alkanes) is 1. The van der Waals surface area contributed by atoms with Crippen LogP contribution in [0.15, 0.2) is 28.3 Å². The van der Waals surface area contributed by atoms with Crippen LogP contribution in [0.25, 0.3) is 0 Å². The molecule has 3 aliphatic heterocycles. The maximum Gasteiger partial charge on any atom is 0.305 e. The van der Waals surface area contributed by atoms with Crippen LogP contribution in [0.5, 0.6) is 5.75 Å². The van der Waals surface area contributed by atoms with Gasteiger partial charge in [-0.1, -0.05) is 44.8 Å².